The SMILES string of the molecule is Cc1[c-]c2c3c(n(C)c2cc1)Cc1ccccc1-3.Cc1[c-]c2c3c(n(C)c2cc1)Cc1ccccc1-3.[CH2]=[Zr+2].[Cl-].[Cl-]. The van der Waals surface area contributed by atoms with Gasteiger partial charge in [-0.3, -0.25) is 0 Å². The molecule has 4 aromatic carbocycles. The van der Waals surface area contributed by atoms with E-state index in [4.69, 9.17) is 0 Å². The van der Waals surface area contributed by atoms with E-state index >= 15 is 0 Å². The molecule has 0 amide bonds. The molecule has 0 bridgehead atoms. The predicted octanol–water partition coefficient (Wildman–Crippen LogP) is 1.69. The fourth-order valence-electron chi connectivity index (χ4n) is 6.23. The number of fused-ring (bicyclic) bond motifs is 10. The quantitative estimate of drug-likeness (QED) is 0.224. The summed E-state index contributed by atoms with van der Waals surface area (Å²) in [6.45, 7) is 4.22. The molecule has 0 N–H and O–H groups in total. The Morgan fingerprint density at radius 2 is 0.975 bits per heavy atom. The summed E-state index contributed by atoms with van der Waals surface area (Å²) in [7, 11) is 4.33. The van der Waals surface area contributed by atoms with Gasteiger partial charge in [0, 0.05) is 26.9 Å². The molecule has 2 aliphatic carbocycles. The fourth-order valence-corrected chi connectivity index (χ4v) is 6.23. The summed E-state index contributed by atoms with van der Waals surface area (Å²) in [6.07, 6.45) is 2.09. The largest absolute Gasteiger partial charge is 1.00 e. The molecule has 2 heterocycles. The Morgan fingerprint density at radius 1 is 0.600 bits per heavy atom. The number of hydrogen-bond donors (Lipinski definition) is 0. The number of hydrogen-bond acceptors (Lipinski definition) is 0. The van der Waals surface area contributed by atoms with Crippen molar-refractivity contribution in [2.45, 2.75) is 26.7 Å². The first-order chi connectivity index (χ1) is 18.5. The zero-order chi connectivity index (χ0) is 26.6. The van der Waals surface area contributed by atoms with Gasteiger partial charge in [0.25, 0.3) is 0 Å². The standard InChI is InChI=1S/2C17H14N.CH2.2ClH.Zr/c2*1-11-7-8-15-14(9-11)17-13-6-4-3-5-12(13)10-16(17)18(15)2;;;;/h2*3-8H,10H2,1-2H3;1H2;2*1H;/q2*-1;;;;+2/p-2. The van der Waals surface area contributed by atoms with E-state index in [9.17, 15) is 0 Å². The van der Waals surface area contributed by atoms with Gasteiger partial charge in [-0.15, -0.1) is 58.3 Å². The van der Waals surface area contributed by atoms with Crippen LogP contribution in [0.2, 0.25) is 0 Å². The van der Waals surface area contributed by atoms with Gasteiger partial charge in [-0.2, -0.15) is 0 Å². The zero-order valence-corrected chi connectivity index (χ0v) is 27.2. The van der Waals surface area contributed by atoms with Crippen LogP contribution in [0.4, 0.5) is 0 Å². The number of nitrogens with zero attached hydrogens (tertiary/aromatic N) is 2. The van der Waals surface area contributed by atoms with Gasteiger partial charge in [-0.25, -0.2) is 0 Å². The third kappa shape index (κ3) is 4.77. The van der Waals surface area contributed by atoms with Crippen molar-refractivity contribution < 1.29 is 49.0 Å². The maximum atomic E-state index is 3.53. The van der Waals surface area contributed by atoms with Crippen molar-refractivity contribution in [3.63, 3.8) is 0 Å². The second-order valence-corrected chi connectivity index (χ2v) is 10.2. The maximum absolute atomic E-state index is 3.53. The Balaban J connectivity index is 0.000000166. The second kappa shape index (κ2) is 12.0. The summed E-state index contributed by atoms with van der Waals surface area (Å²) in [6, 6.07) is 33.2. The molecule has 0 saturated heterocycles. The molecule has 2 aromatic heterocycles. The van der Waals surface area contributed by atoms with Gasteiger partial charge in [0.2, 0.25) is 0 Å². The molecule has 2 nitrogen and oxygen atoms in total. The molecule has 0 saturated carbocycles. The average molecular weight is 641 g/mol. The molecule has 6 aromatic rings. The minimum Gasteiger partial charge on any atom is -1.00 e. The van der Waals surface area contributed by atoms with Gasteiger partial charge in [-0.1, -0.05) is 84.6 Å². The van der Waals surface area contributed by atoms with Crippen LogP contribution in [0.3, 0.4) is 0 Å². The van der Waals surface area contributed by atoms with Gasteiger partial charge < -0.3 is 33.9 Å². The van der Waals surface area contributed by atoms with Crippen molar-refractivity contribution in [3.05, 3.63) is 119 Å². The minimum atomic E-state index is 0. The van der Waals surface area contributed by atoms with Crippen molar-refractivity contribution in [1.29, 1.82) is 0 Å². The van der Waals surface area contributed by atoms with E-state index in [1.54, 1.807) is 0 Å². The predicted molar refractivity (Wildman–Crippen MR) is 157 cm³/mol. The summed E-state index contributed by atoms with van der Waals surface area (Å²) in [5.74, 6) is 0. The van der Waals surface area contributed by atoms with Crippen LogP contribution in [0, 0.1) is 26.0 Å². The number of aromatic nitrogens is 2. The van der Waals surface area contributed by atoms with E-state index < -0.39 is 0 Å². The maximum Gasteiger partial charge on any atom is -1.00 e. The van der Waals surface area contributed by atoms with Crippen LogP contribution in [-0.4, -0.2) is 13.3 Å². The molecular weight excluding hydrogens is 611 g/mol. The first kappa shape index (κ1) is 30.3. The molecule has 8 rings (SSSR count). The van der Waals surface area contributed by atoms with E-state index in [0.717, 1.165) is 12.8 Å². The molecular formula is C35H30Cl2N2Zr-2. The van der Waals surface area contributed by atoms with Gasteiger partial charge in [0.05, 0.1) is 0 Å². The van der Waals surface area contributed by atoms with Crippen LogP contribution in [0.1, 0.15) is 33.6 Å². The Bertz CT molecular complexity index is 1730. The Hall–Kier alpha value is -2.71. The molecule has 2 aliphatic rings. The Morgan fingerprint density at radius 3 is 1.38 bits per heavy atom. The molecule has 0 fully saturated rings. The van der Waals surface area contributed by atoms with Crippen molar-refractivity contribution in [2.24, 2.45) is 14.1 Å². The van der Waals surface area contributed by atoms with E-state index in [1.165, 1.54) is 102 Å². The van der Waals surface area contributed by atoms with Crippen LogP contribution >= 0.6 is 0 Å². The topological polar surface area (TPSA) is 9.86 Å². The summed E-state index contributed by atoms with van der Waals surface area (Å²) >= 11 is 1.30. The van der Waals surface area contributed by atoms with Gasteiger partial charge in [0.15, 0.2) is 0 Å². The molecule has 200 valence electrons. The van der Waals surface area contributed by atoms with Gasteiger partial charge in [0.1, 0.15) is 0 Å². The van der Waals surface area contributed by atoms with Crippen LogP contribution in [0.5, 0.6) is 0 Å². The number of rotatable bonds is 0. The fraction of sp³-hybridized carbons (Fsp3) is 0.171. The number of benzene rings is 4. The Kier molecular flexibility index (Phi) is 9.10. The Labute approximate surface area is 264 Å². The second-order valence-electron chi connectivity index (χ2n) is 10.2. The number of aryl methyl sites for hydroxylation is 4. The first-order valence-electron chi connectivity index (χ1n) is 13.0. The van der Waals surface area contributed by atoms with Gasteiger partial charge in [-0.05, 0) is 33.5 Å². The normalized spacial score (nSPS) is 11.7. The molecule has 0 spiro atoms. The molecule has 5 heteroatoms. The molecule has 0 atom stereocenters. The molecule has 0 unspecified atom stereocenters. The van der Waals surface area contributed by atoms with E-state index in [2.05, 4.69) is 126 Å². The zero-order valence-electron chi connectivity index (χ0n) is 23.2. The summed E-state index contributed by atoms with van der Waals surface area (Å²) in [4.78, 5) is 0. The van der Waals surface area contributed by atoms with Crippen LogP contribution in [0.15, 0.2) is 72.8 Å². The van der Waals surface area contributed by atoms with Crippen LogP contribution < -0.4 is 24.8 Å². The van der Waals surface area contributed by atoms with Crippen molar-refractivity contribution in [2.75, 3.05) is 0 Å². The summed E-state index contributed by atoms with van der Waals surface area (Å²) < 4.78 is 7.98. The van der Waals surface area contributed by atoms with Crippen molar-refractivity contribution in [1.82, 2.24) is 9.13 Å². The van der Waals surface area contributed by atoms with Crippen LogP contribution in [-0.2, 0) is 51.2 Å². The minimum absolute atomic E-state index is 0. The van der Waals surface area contributed by atoms with Gasteiger partial charge >= 0.3 is 28.4 Å². The summed E-state index contributed by atoms with van der Waals surface area (Å²) in [5, 5.41) is 2.55. The third-order valence-corrected chi connectivity index (χ3v) is 8.04. The van der Waals surface area contributed by atoms with Crippen LogP contribution in [0.25, 0.3) is 44.1 Å². The third-order valence-electron chi connectivity index (χ3n) is 8.04. The average Bonchev–Trinajstić information content (AvgIpc) is 3.65. The van der Waals surface area contributed by atoms with E-state index in [-0.39, 0.29) is 24.8 Å². The molecule has 40 heavy (non-hydrogen) atoms. The van der Waals surface area contributed by atoms with Crippen molar-refractivity contribution in [3.8, 4) is 22.3 Å². The summed E-state index contributed by atoms with van der Waals surface area (Å²) in [5.41, 5.74) is 16.3. The first-order valence-corrected chi connectivity index (χ1v) is 14.8. The molecule has 0 radical (unpaired) electrons. The number of halogens is 2. The van der Waals surface area contributed by atoms with E-state index in [1.807, 2.05) is 0 Å². The van der Waals surface area contributed by atoms with Crippen molar-refractivity contribution >= 4 is 26.0 Å². The monoisotopic (exact) mass is 638 g/mol. The van der Waals surface area contributed by atoms with E-state index in [0.29, 0.717) is 0 Å². The smallest absolute Gasteiger partial charge is 1.00 e. The molecule has 0 aliphatic heterocycles.